The average molecular weight is 214 g/mol. The Hall–Kier alpha value is -0.120. The van der Waals surface area contributed by atoms with Crippen LogP contribution in [0.3, 0.4) is 0 Å². The van der Waals surface area contributed by atoms with E-state index in [9.17, 15) is 0 Å². The minimum Gasteiger partial charge on any atom is -0.385 e. The van der Waals surface area contributed by atoms with Gasteiger partial charge in [0.15, 0.2) is 0 Å². The smallest absolute Gasteiger partial charge is 0.0462 e. The lowest BCUT2D eigenvalue weighted by atomic mass is 10.1. The summed E-state index contributed by atoms with van der Waals surface area (Å²) in [7, 11) is 1.74. The van der Waals surface area contributed by atoms with Gasteiger partial charge in [0.05, 0.1) is 0 Å². The first kappa shape index (κ1) is 12.9. The van der Waals surface area contributed by atoms with Crippen LogP contribution in [-0.2, 0) is 4.74 Å². The third-order valence-corrected chi connectivity index (χ3v) is 3.29. The highest BCUT2D eigenvalue weighted by Gasteiger charge is 2.20. The molecule has 15 heavy (non-hydrogen) atoms. The van der Waals surface area contributed by atoms with Crippen LogP contribution >= 0.6 is 0 Å². The molecule has 0 amide bonds. The van der Waals surface area contributed by atoms with Crippen molar-refractivity contribution in [3.05, 3.63) is 0 Å². The maximum atomic E-state index is 6.01. The van der Waals surface area contributed by atoms with Crippen molar-refractivity contribution in [2.75, 3.05) is 20.3 Å². The van der Waals surface area contributed by atoms with Crippen LogP contribution < -0.4 is 11.1 Å². The van der Waals surface area contributed by atoms with E-state index in [2.05, 4.69) is 12.2 Å². The van der Waals surface area contributed by atoms with Gasteiger partial charge in [-0.3, -0.25) is 0 Å². The van der Waals surface area contributed by atoms with Crippen molar-refractivity contribution in [2.45, 2.75) is 51.1 Å². The van der Waals surface area contributed by atoms with Crippen molar-refractivity contribution in [1.29, 1.82) is 0 Å². The summed E-state index contributed by atoms with van der Waals surface area (Å²) in [5, 5.41) is 3.57. The lowest BCUT2D eigenvalue weighted by Gasteiger charge is -2.17. The SMILES string of the molecule is COCCCC(N)CNC1CCC(C)C1. The standard InChI is InChI=1S/C12H26N2O/c1-10-5-6-12(8-10)14-9-11(13)4-3-7-15-2/h10-12,14H,3-9,13H2,1-2H3. The van der Waals surface area contributed by atoms with Crippen molar-refractivity contribution in [3.8, 4) is 0 Å². The first-order chi connectivity index (χ1) is 7.22. The lowest BCUT2D eigenvalue weighted by Crippen LogP contribution is -2.38. The minimum absolute atomic E-state index is 0.288. The van der Waals surface area contributed by atoms with Gasteiger partial charge in [-0.15, -0.1) is 0 Å². The number of rotatable bonds is 7. The maximum absolute atomic E-state index is 6.01. The van der Waals surface area contributed by atoms with E-state index in [1.54, 1.807) is 7.11 Å². The van der Waals surface area contributed by atoms with E-state index in [1.807, 2.05) is 0 Å². The highest BCUT2D eigenvalue weighted by Crippen LogP contribution is 2.24. The third kappa shape index (κ3) is 5.50. The van der Waals surface area contributed by atoms with Crippen LogP contribution in [0.5, 0.6) is 0 Å². The molecule has 90 valence electrons. The monoisotopic (exact) mass is 214 g/mol. The van der Waals surface area contributed by atoms with E-state index in [-0.39, 0.29) is 6.04 Å². The van der Waals surface area contributed by atoms with Crippen LogP contribution in [0, 0.1) is 5.92 Å². The Balaban J connectivity index is 1.98. The lowest BCUT2D eigenvalue weighted by molar-refractivity contribution is 0.190. The highest BCUT2D eigenvalue weighted by molar-refractivity contribution is 4.79. The molecule has 1 saturated carbocycles. The molecule has 0 saturated heterocycles. The van der Waals surface area contributed by atoms with Gasteiger partial charge in [0.2, 0.25) is 0 Å². The fourth-order valence-corrected chi connectivity index (χ4v) is 2.30. The maximum Gasteiger partial charge on any atom is 0.0462 e. The second-order valence-corrected chi connectivity index (χ2v) is 4.92. The van der Waals surface area contributed by atoms with Crippen molar-refractivity contribution >= 4 is 0 Å². The van der Waals surface area contributed by atoms with Gasteiger partial charge in [0.25, 0.3) is 0 Å². The number of hydrogen-bond acceptors (Lipinski definition) is 3. The summed E-state index contributed by atoms with van der Waals surface area (Å²) in [6, 6.07) is 1.00. The summed E-state index contributed by atoms with van der Waals surface area (Å²) in [6.45, 7) is 4.12. The van der Waals surface area contributed by atoms with E-state index >= 15 is 0 Å². The largest absolute Gasteiger partial charge is 0.385 e. The van der Waals surface area contributed by atoms with Gasteiger partial charge >= 0.3 is 0 Å². The van der Waals surface area contributed by atoms with Crippen LogP contribution in [0.2, 0.25) is 0 Å². The van der Waals surface area contributed by atoms with Crippen LogP contribution in [0.1, 0.15) is 39.0 Å². The molecule has 3 atom stereocenters. The Labute approximate surface area is 93.8 Å². The number of methoxy groups -OCH3 is 1. The molecule has 3 N–H and O–H groups in total. The molecule has 3 nitrogen and oxygen atoms in total. The van der Waals surface area contributed by atoms with Crippen LogP contribution in [0.25, 0.3) is 0 Å². The first-order valence-corrected chi connectivity index (χ1v) is 6.20. The number of nitrogens with two attached hydrogens (primary N) is 1. The molecule has 0 spiro atoms. The van der Waals surface area contributed by atoms with Gasteiger partial charge in [0, 0.05) is 32.3 Å². The number of hydrogen-bond donors (Lipinski definition) is 2. The van der Waals surface area contributed by atoms with Gasteiger partial charge in [-0.2, -0.15) is 0 Å². The summed E-state index contributed by atoms with van der Waals surface area (Å²) < 4.78 is 5.01. The second kappa shape index (κ2) is 7.20. The van der Waals surface area contributed by atoms with E-state index < -0.39 is 0 Å². The molecule has 3 unspecified atom stereocenters. The molecule has 0 radical (unpaired) electrons. The molecule has 0 aromatic carbocycles. The Bertz CT molecular complexity index is 164. The second-order valence-electron chi connectivity index (χ2n) is 4.92. The minimum atomic E-state index is 0.288. The van der Waals surface area contributed by atoms with Crippen LogP contribution in [0.15, 0.2) is 0 Å². The zero-order valence-electron chi connectivity index (χ0n) is 10.2. The summed E-state index contributed by atoms with van der Waals surface area (Å²) in [6.07, 6.45) is 6.15. The molecule has 1 rings (SSSR count). The molecule has 0 bridgehead atoms. The molecule has 0 aliphatic heterocycles. The van der Waals surface area contributed by atoms with Crippen molar-refractivity contribution in [1.82, 2.24) is 5.32 Å². The summed E-state index contributed by atoms with van der Waals surface area (Å²) >= 11 is 0. The quantitative estimate of drug-likeness (QED) is 0.632. The van der Waals surface area contributed by atoms with E-state index in [0.717, 1.165) is 31.9 Å². The van der Waals surface area contributed by atoms with Gasteiger partial charge in [-0.1, -0.05) is 6.92 Å². The zero-order valence-corrected chi connectivity index (χ0v) is 10.2. The first-order valence-electron chi connectivity index (χ1n) is 6.20. The third-order valence-electron chi connectivity index (χ3n) is 3.29. The van der Waals surface area contributed by atoms with Crippen LogP contribution in [-0.4, -0.2) is 32.3 Å². The van der Waals surface area contributed by atoms with E-state index in [1.165, 1.54) is 19.3 Å². The van der Waals surface area contributed by atoms with Crippen molar-refractivity contribution in [2.24, 2.45) is 11.7 Å². The molecular weight excluding hydrogens is 188 g/mol. The van der Waals surface area contributed by atoms with Gasteiger partial charge in [-0.25, -0.2) is 0 Å². The molecule has 1 aliphatic rings. The summed E-state index contributed by atoms with van der Waals surface area (Å²) in [5.41, 5.74) is 6.01. The Morgan fingerprint density at radius 2 is 2.27 bits per heavy atom. The molecule has 0 aromatic rings. The predicted octanol–water partition coefficient (Wildman–Crippen LogP) is 1.52. The van der Waals surface area contributed by atoms with E-state index in [4.69, 9.17) is 10.5 Å². The van der Waals surface area contributed by atoms with Gasteiger partial charge < -0.3 is 15.8 Å². The number of ether oxygens (including phenoxy) is 1. The average Bonchev–Trinajstić information content (AvgIpc) is 2.62. The molecule has 0 aromatic heterocycles. The molecule has 0 heterocycles. The Kier molecular flexibility index (Phi) is 6.22. The Morgan fingerprint density at radius 3 is 2.87 bits per heavy atom. The van der Waals surface area contributed by atoms with Crippen molar-refractivity contribution < 1.29 is 4.74 Å². The van der Waals surface area contributed by atoms with Crippen LogP contribution in [0.4, 0.5) is 0 Å². The molecule has 1 aliphatic carbocycles. The fourth-order valence-electron chi connectivity index (χ4n) is 2.30. The predicted molar refractivity (Wildman–Crippen MR) is 63.9 cm³/mol. The normalized spacial score (nSPS) is 28.2. The number of nitrogens with one attached hydrogen (secondary N) is 1. The topological polar surface area (TPSA) is 47.3 Å². The summed E-state index contributed by atoms with van der Waals surface area (Å²) in [5.74, 6) is 0.896. The molecular formula is C12H26N2O. The Morgan fingerprint density at radius 1 is 1.47 bits per heavy atom. The van der Waals surface area contributed by atoms with Gasteiger partial charge in [-0.05, 0) is 38.0 Å². The molecule has 3 heteroatoms. The zero-order chi connectivity index (χ0) is 11.1. The van der Waals surface area contributed by atoms with E-state index in [0.29, 0.717) is 6.04 Å². The summed E-state index contributed by atoms with van der Waals surface area (Å²) in [4.78, 5) is 0. The molecule has 1 fully saturated rings. The van der Waals surface area contributed by atoms with Gasteiger partial charge in [0.1, 0.15) is 0 Å². The fraction of sp³-hybridized carbons (Fsp3) is 1.00. The highest BCUT2D eigenvalue weighted by atomic mass is 16.5. The van der Waals surface area contributed by atoms with Crippen molar-refractivity contribution in [3.63, 3.8) is 0 Å².